The second-order valence-corrected chi connectivity index (χ2v) is 6.13. The number of nitrogens with two attached hydrogens (primary N) is 1. The highest BCUT2D eigenvalue weighted by Crippen LogP contribution is 2.33. The fourth-order valence-corrected chi connectivity index (χ4v) is 3.22. The molecule has 0 fully saturated rings. The molecule has 24 heavy (non-hydrogen) atoms. The van der Waals surface area contributed by atoms with Crippen LogP contribution in [0.1, 0.15) is 17.0 Å². The van der Waals surface area contributed by atoms with Crippen LogP contribution in [0.5, 0.6) is 0 Å². The minimum absolute atomic E-state index is 0. The Balaban J connectivity index is 0.00000208. The van der Waals surface area contributed by atoms with Gasteiger partial charge >= 0.3 is 6.18 Å². The van der Waals surface area contributed by atoms with Crippen molar-refractivity contribution in [1.82, 2.24) is 9.55 Å². The summed E-state index contributed by atoms with van der Waals surface area (Å²) in [6, 6.07) is 7.20. The largest absolute Gasteiger partial charge is 0.416 e. The molecule has 0 bridgehead atoms. The van der Waals surface area contributed by atoms with Crippen molar-refractivity contribution in [1.29, 1.82) is 0 Å². The Hall–Kier alpha value is -1.99. The first-order valence-corrected chi connectivity index (χ1v) is 7.73. The zero-order valence-corrected chi connectivity index (χ0v) is 14.5. The number of aryl methyl sites for hydroxylation is 1. The highest BCUT2D eigenvalue weighted by atomic mass is 35.5. The topological polar surface area (TPSA) is 43.8 Å². The molecule has 8 heteroatoms. The van der Waals surface area contributed by atoms with Crippen molar-refractivity contribution in [2.24, 2.45) is 0 Å². The molecule has 0 unspecified atom stereocenters. The first kappa shape index (κ1) is 18.4. The molecule has 3 nitrogen and oxygen atoms in total. The van der Waals surface area contributed by atoms with Crippen LogP contribution in [-0.2, 0) is 6.18 Å². The fraction of sp³-hybridized carbons (Fsp3) is 0.188. The molecule has 2 aromatic heterocycles. The third-order valence-electron chi connectivity index (χ3n) is 3.66. The number of alkyl halides is 3. The summed E-state index contributed by atoms with van der Waals surface area (Å²) in [4.78, 5) is 4.25. The summed E-state index contributed by atoms with van der Waals surface area (Å²) in [7, 11) is 0. The maximum absolute atomic E-state index is 12.9. The van der Waals surface area contributed by atoms with Gasteiger partial charge in [0.25, 0.3) is 0 Å². The van der Waals surface area contributed by atoms with Crippen molar-refractivity contribution >= 4 is 28.9 Å². The summed E-state index contributed by atoms with van der Waals surface area (Å²) in [5, 5.41) is 2.30. The molecule has 0 aliphatic carbocycles. The Kier molecular flexibility index (Phi) is 4.96. The van der Waals surface area contributed by atoms with Crippen molar-refractivity contribution < 1.29 is 13.2 Å². The van der Waals surface area contributed by atoms with Gasteiger partial charge in [0.05, 0.1) is 11.3 Å². The van der Waals surface area contributed by atoms with Crippen LogP contribution in [0.15, 0.2) is 35.7 Å². The van der Waals surface area contributed by atoms with Gasteiger partial charge in [0.15, 0.2) is 5.13 Å². The van der Waals surface area contributed by atoms with E-state index in [0.717, 1.165) is 34.8 Å². The molecule has 2 N–H and O–H groups in total. The van der Waals surface area contributed by atoms with E-state index in [-0.39, 0.29) is 12.4 Å². The van der Waals surface area contributed by atoms with Gasteiger partial charge < -0.3 is 10.3 Å². The number of halogens is 4. The summed E-state index contributed by atoms with van der Waals surface area (Å²) < 4.78 is 40.6. The van der Waals surface area contributed by atoms with Gasteiger partial charge in [0.2, 0.25) is 0 Å². The molecule has 0 amide bonds. The van der Waals surface area contributed by atoms with Crippen LogP contribution in [0.4, 0.5) is 18.3 Å². The summed E-state index contributed by atoms with van der Waals surface area (Å²) >= 11 is 1.33. The van der Waals surface area contributed by atoms with Gasteiger partial charge in [-0.1, -0.05) is 6.07 Å². The van der Waals surface area contributed by atoms with E-state index in [9.17, 15) is 13.2 Å². The Morgan fingerprint density at radius 2 is 1.88 bits per heavy atom. The summed E-state index contributed by atoms with van der Waals surface area (Å²) in [6.45, 7) is 3.71. The molecule has 3 aromatic rings. The summed E-state index contributed by atoms with van der Waals surface area (Å²) in [5.74, 6) is 0. The van der Waals surface area contributed by atoms with Crippen molar-refractivity contribution in [3.05, 3.63) is 52.7 Å². The van der Waals surface area contributed by atoms with Gasteiger partial charge in [-0.25, -0.2) is 4.98 Å². The van der Waals surface area contributed by atoms with Crippen LogP contribution >= 0.6 is 23.7 Å². The van der Waals surface area contributed by atoms with Gasteiger partial charge in [-0.15, -0.1) is 23.7 Å². The van der Waals surface area contributed by atoms with Crippen molar-refractivity contribution in [2.75, 3.05) is 5.73 Å². The number of nitrogens with zero attached hydrogens (tertiary/aromatic N) is 2. The molecule has 3 rings (SSSR count). The molecule has 0 aliphatic heterocycles. The SMILES string of the molecule is Cc1cc(-c2csc(N)n2)c(C)n1-c1cccc(C(F)(F)F)c1.Cl. The lowest BCUT2D eigenvalue weighted by Crippen LogP contribution is -2.07. The monoisotopic (exact) mass is 373 g/mol. The summed E-state index contributed by atoms with van der Waals surface area (Å²) in [5.41, 5.74) is 8.74. The standard InChI is InChI=1S/C16H14F3N3S.ClH/c1-9-6-13(14-8-23-15(20)21-14)10(2)22(9)12-5-3-4-11(7-12)16(17,18)19;/h3-8H,1-2H3,(H2,20,21);1H. The third kappa shape index (κ3) is 3.27. The lowest BCUT2D eigenvalue weighted by Gasteiger charge is -2.13. The normalized spacial score (nSPS) is 11.4. The Labute approximate surface area is 147 Å². The Morgan fingerprint density at radius 3 is 2.46 bits per heavy atom. The van der Waals surface area contributed by atoms with E-state index in [1.54, 1.807) is 10.6 Å². The van der Waals surface area contributed by atoms with Crippen LogP contribution in [0.2, 0.25) is 0 Å². The van der Waals surface area contributed by atoms with E-state index in [2.05, 4.69) is 4.98 Å². The molecule has 0 aliphatic rings. The van der Waals surface area contributed by atoms with Crippen LogP contribution in [0.25, 0.3) is 16.9 Å². The first-order chi connectivity index (χ1) is 10.8. The molecule has 0 atom stereocenters. The maximum atomic E-state index is 12.9. The molecule has 0 spiro atoms. The lowest BCUT2D eigenvalue weighted by atomic mass is 10.2. The van der Waals surface area contributed by atoms with E-state index in [1.807, 2.05) is 25.3 Å². The smallest absolute Gasteiger partial charge is 0.375 e. The van der Waals surface area contributed by atoms with Crippen molar-refractivity contribution in [2.45, 2.75) is 20.0 Å². The minimum Gasteiger partial charge on any atom is -0.375 e. The third-order valence-corrected chi connectivity index (χ3v) is 4.33. The van der Waals surface area contributed by atoms with E-state index in [4.69, 9.17) is 5.73 Å². The minimum atomic E-state index is -4.36. The number of thiazole rings is 1. The average Bonchev–Trinajstić information content (AvgIpc) is 3.02. The van der Waals surface area contributed by atoms with Gasteiger partial charge in [-0.3, -0.25) is 0 Å². The molecule has 2 heterocycles. The molecule has 0 saturated carbocycles. The fourth-order valence-electron chi connectivity index (χ4n) is 2.65. The van der Waals surface area contributed by atoms with Gasteiger partial charge in [-0.2, -0.15) is 13.2 Å². The molecule has 1 aromatic carbocycles. The van der Waals surface area contributed by atoms with E-state index in [0.29, 0.717) is 10.8 Å². The predicted octanol–water partition coefficient (Wildman–Crippen LogP) is 5.24. The number of anilines is 1. The predicted molar refractivity (Wildman–Crippen MR) is 93.0 cm³/mol. The van der Waals surface area contributed by atoms with E-state index in [1.165, 1.54) is 17.4 Å². The number of hydrogen-bond donors (Lipinski definition) is 1. The molecule has 128 valence electrons. The highest BCUT2D eigenvalue weighted by Gasteiger charge is 2.30. The summed E-state index contributed by atoms with van der Waals surface area (Å²) in [6.07, 6.45) is -4.36. The van der Waals surface area contributed by atoms with Gasteiger partial charge in [0.1, 0.15) is 0 Å². The van der Waals surface area contributed by atoms with Crippen LogP contribution in [-0.4, -0.2) is 9.55 Å². The number of nitrogen functional groups attached to an aromatic ring is 1. The molecule has 0 saturated heterocycles. The lowest BCUT2D eigenvalue weighted by molar-refractivity contribution is -0.137. The maximum Gasteiger partial charge on any atom is 0.416 e. The number of benzene rings is 1. The van der Waals surface area contributed by atoms with Crippen LogP contribution in [0, 0.1) is 13.8 Å². The molecular weight excluding hydrogens is 359 g/mol. The quantitative estimate of drug-likeness (QED) is 0.667. The molecular formula is C16H15ClF3N3S. The van der Waals surface area contributed by atoms with Crippen LogP contribution in [0.3, 0.4) is 0 Å². The second kappa shape index (κ2) is 6.49. The second-order valence-electron chi connectivity index (χ2n) is 5.24. The van der Waals surface area contributed by atoms with Crippen molar-refractivity contribution in [3.8, 4) is 16.9 Å². The zero-order valence-electron chi connectivity index (χ0n) is 12.9. The van der Waals surface area contributed by atoms with Gasteiger partial charge in [0, 0.05) is 28.0 Å². The highest BCUT2D eigenvalue weighted by molar-refractivity contribution is 7.13. The first-order valence-electron chi connectivity index (χ1n) is 6.85. The number of rotatable bonds is 2. The number of hydrogen-bond acceptors (Lipinski definition) is 3. The van der Waals surface area contributed by atoms with Crippen molar-refractivity contribution in [3.63, 3.8) is 0 Å². The van der Waals surface area contributed by atoms with Crippen LogP contribution < -0.4 is 5.73 Å². The number of aromatic nitrogens is 2. The molecule has 0 radical (unpaired) electrons. The average molecular weight is 374 g/mol. The Bertz CT molecular complexity index is 868. The van der Waals surface area contributed by atoms with E-state index < -0.39 is 11.7 Å². The zero-order chi connectivity index (χ0) is 16.8. The van der Waals surface area contributed by atoms with Gasteiger partial charge in [-0.05, 0) is 38.1 Å². The van der Waals surface area contributed by atoms with E-state index >= 15 is 0 Å². The Morgan fingerprint density at radius 1 is 1.17 bits per heavy atom.